The quantitative estimate of drug-likeness (QED) is 0.562. The minimum atomic E-state index is -4.20. The monoisotopic (exact) mass is 412 g/mol. The number of likely N-dealkylation sites (N-methyl/N-ethyl adjacent to an activating group) is 1. The highest BCUT2D eigenvalue weighted by Crippen LogP contribution is 2.29. The molecule has 1 N–H and O–H groups in total. The number of rotatable bonds is 5. The molecule has 1 aromatic rings. The van der Waals surface area contributed by atoms with Gasteiger partial charge in [-0.2, -0.15) is 4.31 Å². The first-order valence-corrected chi connectivity index (χ1v) is 8.94. The number of nitrogens with zero attached hydrogens (tertiary/aromatic N) is 3. The number of carbonyl (C=O) groups excluding carboxylic acids is 1. The van der Waals surface area contributed by atoms with Gasteiger partial charge in [0.05, 0.1) is 11.5 Å². The molecule has 2 rings (SSSR count). The lowest BCUT2D eigenvalue weighted by atomic mass is 10.3. The number of nitro groups is 1. The van der Waals surface area contributed by atoms with Gasteiger partial charge in [-0.25, -0.2) is 8.42 Å². The van der Waals surface area contributed by atoms with E-state index in [-0.39, 0.29) is 29.9 Å². The van der Waals surface area contributed by atoms with Crippen molar-refractivity contribution in [1.82, 2.24) is 14.5 Å². The predicted molar refractivity (Wildman–Crippen MR) is 94.6 cm³/mol. The lowest BCUT2D eigenvalue weighted by Gasteiger charge is -2.29. The van der Waals surface area contributed by atoms with Crippen LogP contribution in [0.4, 0.5) is 5.69 Å². The van der Waals surface area contributed by atoms with Gasteiger partial charge in [-0.05, 0) is 12.1 Å². The highest BCUT2D eigenvalue weighted by Gasteiger charge is 2.31. The van der Waals surface area contributed by atoms with Gasteiger partial charge in [0.1, 0.15) is 0 Å². The van der Waals surface area contributed by atoms with Crippen LogP contribution in [0, 0.1) is 10.1 Å². The van der Waals surface area contributed by atoms with Gasteiger partial charge in [-0.3, -0.25) is 14.9 Å². The molecule has 0 saturated carbocycles. The van der Waals surface area contributed by atoms with Gasteiger partial charge in [-0.1, -0.05) is 11.6 Å². The topological polar surface area (TPSA) is 113 Å². The number of benzene rings is 1. The maximum absolute atomic E-state index is 12.6. The number of hydrogen-bond donors (Lipinski definition) is 1. The second-order valence-electron chi connectivity index (χ2n) is 5.26. The highest BCUT2D eigenvalue weighted by atomic mass is 35.5. The van der Waals surface area contributed by atoms with Crippen LogP contribution in [0.1, 0.15) is 0 Å². The molecule has 1 amide bonds. The van der Waals surface area contributed by atoms with Gasteiger partial charge in [0.15, 0.2) is 4.90 Å². The zero-order valence-electron chi connectivity index (χ0n) is 13.3. The van der Waals surface area contributed by atoms with Crippen molar-refractivity contribution < 1.29 is 18.1 Å². The van der Waals surface area contributed by atoms with E-state index in [1.807, 2.05) is 0 Å². The predicted octanol–water partition coefficient (Wildman–Crippen LogP) is 0.722. The second kappa shape index (κ2) is 8.77. The van der Waals surface area contributed by atoms with E-state index in [9.17, 15) is 23.3 Å². The Hall–Kier alpha value is -1.46. The number of carbonyl (C=O) groups is 1. The number of nitrogens with one attached hydrogen (secondary N) is 1. The van der Waals surface area contributed by atoms with Crippen LogP contribution in [0.25, 0.3) is 0 Å². The number of halogens is 2. The Kier molecular flexibility index (Phi) is 7.57. The number of hydrogen-bond acceptors (Lipinski definition) is 6. The van der Waals surface area contributed by atoms with E-state index in [2.05, 4.69) is 5.32 Å². The number of amides is 1. The van der Waals surface area contributed by atoms with Crippen molar-refractivity contribution in [2.75, 3.05) is 39.8 Å². The summed E-state index contributed by atoms with van der Waals surface area (Å²) < 4.78 is 26.0. The minimum absolute atomic E-state index is 0. The third-order valence-corrected chi connectivity index (χ3v) is 5.72. The standard InChI is InChI=1S/C13H17ClN4O5S.ClH/c1-16(9-13(19)17-6-4-15-5-7-17)24(22,23)12-3-2-10(14)8-11(12)18(20)21;/h2-3,8,15H,4-7,9H2,1H3;1H. The molecule has 1 heterocycles. The maximum Gasteiger partial charge on any atom is 0.290 e. The van der Waals surface area contributed by atoms with Crippen LogP contribution in [0.15, 0.2) is 23.1 Å². The number of piperazine rings is 1. The van der Waals surface area contributed by atoms with Crippen molar-refractivity contribution in [3.8, 4) is 0 Å². The van der Waals surface area contributed by atoms with Crippen LogP contribution < -0.4 is 5.32 Å². The van der Waals surface area contributed by atoms with E-state index >= 15 is 0 Å². The SMILES string of the molecule is CN(CC(=O)N1CCNCC1)S(=O)(=O)c1ccc(Cl)cc1[N+](=O)[O-].Cl. The molecule has 1 saturated heterocycles. The molecule has 0 atom stereocenters. The van der Waals surface area contributed by atoms with Crippen molar-refractivity contribution in [3.63, 3.8) is 0 Å². The molecular formula is C13H18Cl2N4O5S. The molecule has 0 aliphatic carbocycles. The van der Waals surface area contributed by atoms with Gasteiger partial charge < -0.3 is 10.2 Å². The summed E-state index contributed by atoms with van der Waals surface area (Å²) in [6.07, 6.45) is 0. The van der Waals surface area contributed by atoms with Crippen LogP contribution in [0.3, 0.4) is 0 Å². The highest BCUT2D eigenvalue weighted by molar-refractivity contribution is 7.89. The van der Waals surface area contributed by atoms with Gasteiger partial charge >= 0.3 is 0 Å². The van der Waals surface area contributed by atoms with E-state index in [0.717, 1.165) is 16.4 Å². The molecule has 9 nitrogen and oxygen atoms in total. The van der Waals surface area contributed by atoms with Crippen LogP contribution in [-0.4, -0.2) is 68.2 Å². The van der Waals surface area contributed by atoms with Crippen molar-refractivity contribution >= 4 is 45.6 Å². The fraction of sp³-hybridized carbons (Fsp3) is 0.462. The van der Waals surface area contributed by atoms with Crippen LogP contribution in [0.2, 0.25) is 5.02 Å². The molecule has 140 valence electrons. The second-order valence-corrected chi connectivity index (χ2v) is 7.71. The Labute approximate surface area is 156 Å². The summed E-state index contributed by atoms with van der Waals surface area (Å²) in [7, 11) is -2.98. The van der Waals surface area contributed by atoms with Crippen molar-refractivity contribution in [2.24, 2.45) is 0 Å². The Bertz CT molecular complexity index is 753. The summed E-state index contributed by atoms with van der Waals surface area (Å²) in [6, 6.07) is 3.30. The molecule has 1 aromatic carbocycles. The summed E-state index contributed by atoms with van der Waals surface area (Å²) in [5, 5.41) is 14.2. The maximum atomic E-state index is 12.6. The molecule has 25 heavy (non-hydrogen) atoms. The first-order chi connectivity index (χ1) is 11.2. The number of nitro benzene ring substituents is 1. The lowest BCUT2D eigenvalue weighted by molar-refractivity contribution is -0.387. The Morgan fingerprint density at radius 1 is 1.40 bits per heavy atom. The number of sulfonamides is 1. The summed E-state index contributed by atoms with van der Waals surface area (Å²) in [5.41, 5.74) is -0.621. The summed E-state index contributed by atoms with van der Waals surface area (Å²) in [5.74, 6) is -0.348. The average molecular weight is 413 g/mol. The van der Waals surface area contributed by atoms with Crippen molar-refractivity contribution in [1.29, 1.82) is 0 Å². The van der Waals surface area contributed by atoms with E-state index in [1.54, 1.807) is 4.90 Å². The molecule has 12 heteroatoms. The van der Waals surface area contributed by atoms with E-state index in [1.165, 1.54) is 13.1 Å². The molecule has 1 aliphatic rings. The fourth-order valence-corrected chi connectivity index (χ4v) is 3.73. The molecule has 1 fully saturated rings. The third-order valence-electron chi connectivity index (χ3n) is 3.63. The summed E-state index contributed by atoms with van der Waals surface area (Å²) in [4.78, 5) is 23.5. The largest absolute Gasteiger partial charge is 0.339 e. The lowest BCUT2D eigenvalue weighted by Crippen LogP contribution is -2.49. The van der Waals surface area contributed by atoms with Gasteiger partial charge in [0.2, 0.25) is 15.9 Å². The minimum Gasteiger partial charge on any atom is -0.339 e. The molecule has 0 bridgehead atoms. The molecule has 0 unspecified atom stereocenters. The zero-order valence-corrected chi connectivity index (χ0v) is 15.7. The molecule has 0 radical (unpaired) electrons. The first kappa shape index (κ1) is 21.6. The van der Waals surface area contributed by atoms with Gasteiger partial charge in [0.25, 0.3) is 5.69 Å². The average Bonchev–Trinajstić information content (AvgIpc) is 2.55. The Morgan fingerprint density at radius 3 is 2.56 bits per heavy atom. The summed E-state index contributed by atoms with van der Waals surface area (Å²) in [6.45, 7) is 1.89. The van der Waals surface area contributed by atoms with Crippen LogP contribution in [0.5, 0.6) is 0 Å². The van der Waals surface area contributed by atoms with E-state index in [0.29, 0.717) is 26.2 Å². The van der Waals surface area contributed by atoms with E-state index < -0.39 is 25.5 Å². The molecule has 1 aliphatic heterocycles. The fourth-order valence-electron chi connectivity index (χ4n) is 2.31. The molecule has 0 aromatic heterocycles. The van der Waals surface area contributed by atoms with Crippen molar-refractivity contribution in [2.45, 2.75) is 4.90 Å². The van der Waals surface area contributed by atoms with Crippen molar-refractivity contribution in [3.05, 3.63) is 33.3 Å². The third kappa shape index (κ3) is 5.02. The smallest absolute Gasteiger partial charge is 0.290 e. The Balaban J connectivity index is 0.00000312. The van der Waals surface area contributed by atoms with Gasteiger partial charge in [-0.15, -0.1) is 12.4 Å². The molecular weight excluding hydrogens is 395 g/mol. The molecule has 0 spiro atoms. The van der Waals surface area contributed by atoms with Gasteiger partial charge in [0, 0.05) is 44.3 Å². The normalized spacial score (nSPS) is 14.9. The first-order valence-electron chi connectivity index (χ1n) is 7.12. The zero-order chi connectivity index (χ0) is 17.9. The van der Waals surface area contributed by atoms with Crippen LogP contribution >= 0.6 is 24.0 Å². The van der Waals surface area contributed by atoms with E-state index in [4.69, 9.17) is 11.6 Å². The Morgan fingerprint density at radius 2 is 2.00 bits per heavy atom. The summed E-state index contributed by atoms with van der Waals surface area (Å²) >= 11 is 5.70. The van der Waals surface area contributed by atoms with Crippen LogP contribution in [-0.2, 0) is 14.8 Å².